The minimum absolute atomic E-state index is 0.112. The van der Waals surface area contributed by atoms with Crippen LogP contribution < -0.4 is 11.1 Å². The van der Waals surface area contributed by atoms with Gasteiger partial charge in [0.25, 0.3) is 0 Å². The van der Waals surface area contributed by atoms with Crippen LogP contribution >= 0.6 is 23.2 Å². The fraction of sp³-hybridized carbons (Fsp3) is 0.462. The molecule has 0 aromatic heterocycles. The van der Waals surface area contributed by atoms with E-state index in [1.54, 1.807) is 25.8 Å². The fourth-order valence-corrected chi connectivity index (χ4v) is 2.45. The third-order valence-corrected chi connectivity index (χ3v) is 3.00. The molecule has 1 aromatic rings. The van der Waals surface area contributed by atoms with E-state index in [4.69, 9.17) is 28.9 Å². The number of aliphatic hydroxyl groups is 1. The van der Waals surface area contributed by atoms with E-state index in [-0.39, 0.29) is 22.5 Å². The Kier molecular flexibility index (Phi) is 5.65. The molecule has 5 nitrogen and oxygen atoms in total. The monoisotopic (exact) mass is 319 g/mol. The van der Waals surface area contributed by atoms with Gasteiger partial charge in [0.2, 0.25) is 5.91 Å². The second-order valence-corrected chi connectivity index (χ2v) is 6.21. The van der Waals surface area contributed by atoms with Crippen molar-refractivity contribution in [1.82, 2.24) is 4.90 Å². The molecule has 0 unspecified atom stereocenters. The van der Waals surface area contributed by atoms with E-state index < -0.39 is 5.60 Å². The molecule has 0 spiro atoms. The van der Waals surface area contributed by atoms with Gasteiger partial charge in [-0.25, -0.2) is 0 Å². The van der Waals surface area contributed by atoms with Crippen LogP contribution in [0.25, 0.3) is 0 Å². The molecule has 20 heavy (non-hydrogen) atoms. The van der Waals surface area contributed by atoms with Crippen LogP contribution in [0.3, 0.4) is 0 Å². The molecule has 0 radical (unpaired) electrons. The maximum absolute atomic E-state index is 11.9. The molecule has 0 aliphatic heterocycles. The van der Waals surface area contributed by atoms with Crippen LogP contribution in [-0.4, -0.2) is 41.7 Å². The number of benzene rings is 1. The number of nitrogens with zero attached hydrogens (tertiary/aromatic N) is 1. The lowest BCUT2D eigenvalue weighted by Crippen LogP contribution is -2.40. The highest BCUT2D eigenvalue weighted by Gasteiger charge is 2.18. The van der Waals surface area contributed by atoms with E-state index in [9.17, 15) is 9.90 Å². The Labute approximate surface area is 128 Å². The standard InChI is InChI=1S/C13H19Cl2N3O2/c1-13(2,20)7-18(3)6-11(19)17-12-9(14)4-8(16)5-10(12)15/h4-5,20H,6-7,16H2,1-3H3,(H,17,19). The van der Waals surface area contributed by atoms with Crippen LogP contribution in [0.4, 0.5) is 11.4 Å². The lowest BCUT2D eigenvalue weighted by Gasteiger charge is -2.25. The maximum atomic E-state index is 11.9. The van der Waals surface area contributed by atoms with E-state index in [1.807, 2.05) is 0 Å². The van der Waals surface area contributed by atoms with Crippen molar-refractivity contribution in [1.29, 1.82) is 0 Å². The van der Waals surface area contributed by atoms with Crippen LogP contribution in [0.5, 0.6) is 0 Å². The number of hydrogen-bond donors (Lipinski definition) is 3. The summed E-state index contributed by atoms with van der Waals surface area (Å²) in [5.74, 6) is -0.273. The number of nitrogens with two attached hydrogens (primary N) is 1. The Hall–Kier alpha value is -1.01. The third-order valence-electron chi connectivity index (χ3n) is 2.40. The first-order valence-corrected chi connectivity index (χ1v) is 6.79. The molecular formula is C13H19Cl2N3O2. The van der Waals surface area contributed by atoms with Crippen molar-refractivity contribution in [3.05, 3.63) is 22.2 Å². The number of amides is 1. The summed E-state index contributed by atoms with van der Waals surface area (Å²) in [5, 5.41) is 12.9. The van der Waals surface area contributed by atoms with Gasteiger partial charge in [-0.3, -0.25) is 9.69 Å². The van der Waals surface area contributed by atoms with E-state index in [0.29, 0.717) is 17.9 Å². The Morgan fingerprint density at radius 3 is 2.35 bits per heavy atom. The average Bonchev–Trinajstić information content (AvgIpc) is 2.20. The quantitative estimate of drug-likeness (QED) is 0.727. The molecule has 112 valence electrons. The van der Waals surface area contributed by atoms with Crippen molar-refractivity contribution < 1.29 is 9.90 Å². The summed E-state index contributed by atoms with van der Waals surface area (Å²) >= 11 is 12.0. The SMILES string of the molecule is CN(CC(=O)Nc1c(Cl)cc(N)cc1Cl)CC(C)(C)O. The molecule has 1 aromatic carbocycles. The first kappa shape index (κ1) is 17.0. The molecule has 4 N–H and O–H groups in total. The molecule has 0 aliphatic carbocycles. The van der Waals surface area contributed by atoms with Gasteiger partial charge in [-0.1, -0.05) is 23.2 Å². The smallest absolute Gasteiger partial charge is 0.238 e. The maximum Gasteiger partial charge on any atom is 0.238 e. The highest BCUT2D eigenvalue weighted by atomic mass is 35.5. The topological polar surface area (TPSA) is 78.6 Å². The fourth-order valence-electron chi connectivity index (χ4n) is 1.85. The summed E-state index contributed by atoms with van der Waals surface area (Å²) in [5.41, 5.74) is 5.49. The molecule has 0 saturated heterocycles. The highest BCUT2D eigenvalue weighted by molar-refractivity contribution is 6.40. The zero-order valence-corrected chi connectivity index (χ0v) is 13.2. The summed E-state index contributed by atoms with van der Waals surface area (Å²) in [4.78, 5) is 13.6. The van der Waals surface area contributed by atoms with Crippen molar-refractivity contribution >= 4 is 40.5 Å². The summed E-state index contributed by atoms with van der Waals surface area (Å²) in [6.45, 7) is 3.83. The summed E-state index contributed by atoms with van der Waals surface area (Å²) < 4.78 is 0. The number of nitrogens with one attached hydrogen (secondary N) is 1. The Balaban J connectivity index is 2.68. The van der Waals surface area contributed by atoms with E-state index in [0.717, 1.165) is 0 Å². The van der Waals surface area contributed by atoms with Gasteiger partial charge in [-0.2, -0.15) is 0 Å². The van der Waals surface area contributed by atoms with Crippen molar-refractivity contribution in [2.75, 3.05) is 31.2 Å². The molecule has 0 aliphatic rings. The number of halogens is 2. The molecule has 1 amide bonds. The first-order valence-electron chi connectivity index (χ1n) is 6.04. The number of carbonyl (C=O) groups excluding carboxylic acids is 1. The molecule has 1 rings (SSSR count). The van der Waals surface area contributed by atoms with Gasteiger partial charge in [0, 0.05) is 12.2 Å². The van der Waals surface area contributed by atoms with Gasteiger partial charge in [0.1, 0.15) is 0 Å². The Bertz CT molecular complexity index is 478. The van der Waals surface area contributed by atoms with Crippen molar-refractivity contribution in [2.24, 2.45) is 0 Å². The summed E-state index contributed by atoms with van der Waals surface area (Å²) in [6, 6.07) is 3.03. The van der Waals surface area contributed by atoms with Crippen LogP contribution in [0, 0.1) is 0 Å². The van der Waals surface area contributed by atoms with Crippen LogP contribution in [0.2, 0.25) is 10.0 Å². The first-order chi connectivity index (χ1) is 9.08. The normalized spacial score (nSPS) is 11.8. The van der Waals surface area contributed by atoms with Crippen molar-refractivity contribution in [3.8, 4) is 0 Å². The van der Waals surface area contributed by atoms with Crippen LogP contribution in [-0.2, 0) is 4.79 Å². The molecule has 0 atom stereocenters. The number of anilines is 2. The second-order valence-electron chi connectivity index (χ2n) is 5.39. The number of likely N-dealkylation sites (N-methyl/N-ethyl adjacent to an activating group) is 1. The van der Waals surface area contributed by atoms with Crippen LogP contribution in [0.1, 0.15) is 13.8 Å². The predicted molar refractivity (Wildman–Crippen MR) is 83.3 cm³/mol. The van der Waals surface area contributed by atoms with E-state index in [1.165, 1.54) is 12.1 Å². The number of carbonyl (C=O) groups is 1. The highest BCUT2D eigenvalue weighted by Crippen LogP contribution is 2.32. The Morgan fingerprint density at radius 1 is 1.40 bits per heavy atom. The minimum atomic E-state index is -0.870. The largest absolute Gasteiger partial charge is 0.399 e. The van der Waals surface area contributed by atoms with Crippen molar-refractivity contribution in [2.45, 2.75) is 19.4 Å². The summed E-state index contributed by atoms with van der Waals surface area (Å²) in [7, 11) is 1.74. The van der Waals surface area contributed by atoms with Crippen molar-refractivity contribution in [3.63, 3.8) is 0 Å². The molecule has 0 fully saturated rings. The van der Waals surface area contributed by atoms with Gasteiger partial charge >= 0.3 is 0 Å². The van der Waals surface area contributed by atoms with Gasteiger partial charge in [-0.15, -0.1) is 0 Å². The van der Waals surface area contributed by atoms with E-state index in [2.05, 4.69) is 5.32 Å². The van der Waals surface area contributed by atoms with Crippen LogP contribution in [0.15, 0.2) is 12.1 Å². The average molecular weight is 320 g/mol. The molecule has 0 bridgehead atoms. The predicted octanol–water partition coefficient (Wildman–Crippen LogP) is 2.22. The van der Waals surface area contributed by atoms with Gasteiger partial charge in [-0.05, 0) is 33.0 Å². The number of nitrogen functional groups attached to an aromatic ring is 1. The molecule has 0 saturated carbocycles. The second kappa shape index (κ2) is 6.63. The molecular weight excluding hydrogens is 301 g/mol. The van der Waals surface area contributed by atoms with Gasteiger partial charge < -0.3 is 16.2 Å². The zero-order valence-electron chi connectivity index (χ0n) is 11.7. The van der Waals surface area contributed by atoms with Gasteiger partial charge in [0.15, 0.2) is 0 Å². The number of hydrogen-bond acceptors (Lipinski definition) is 4. The van der Waals surface area contributed by atoms with E-state index >= 15 is 0 Å². The lowest BCUT2D eigenvalue weighted by molar-refractivity contribution is -0.117. The van der Waals surface area contributed by atoms with Gasteiger partial charge in [0.05, 0.1) is 27.9 Å². The minimum Gasteiger partial charge on any atom is -0.399 e. The Morgan fingerprint density at radius 2 is 1.90 bits per heavy atom. The third kappa shape index (κ3) is 5.54. The summed E-state index contributed by atoms with van der Waals surface area (Å²) in [6.07, 6.45) is 0. The lowest BCUT2D eigenvalue weighted by atomic mass is 10.1. The zero-order chi connectivity index (χ0) is 15.5. The molecule has 7 heteroatoms. The number of rotatable bonds is 5. The molecule has 0 heterocycles.